The molecule has 3 heteroatoms. The smallest absolute Gasteiger partial charge is 0.251 e. The molecule has 3 nitrogen and oxygen atoms in total. The fourth-order valence-corrected chi connectivity index (χ4v) is 1.37. The van der Waals surface area contributed by atoms with Gasteiger partial charge in [0.25, 0.3) is 5.91 Å². The number of nitrogens with two attached hydrogens (primary N) is 1. The van der Waals surface area contributed by atoms with E-state index >= 15 is 0 Å². The van der Waals surface area contributed by atoms with Crippen LogP contribution in [0.5, 0.6) is 0 Å². The maximum atomic E-state index is 11.7. The third-order valence-corrected chi connectivity index (χ3v) is 2.44. The van der Waals surface area contributed by atoms with Gasteiger partial charge in [0.1, 0.15) is 0 Å². The summed E-state index contributed by atoms with van der Waals surface area (Å²) in [6, 6.07) is 5.40. The molecule has 0 aliphatic carbocycles. The van der Waals surface area contributed by atoms with Crippen LogP contribution in [0.3, 0.4) is 0 Å². The lowest BCUT2D eigenvalue weighted by atomic mass is 10.1. The van der Waals surface area contributed by atoms with Crippen LogP contribution in [-0.2, 0) is 0 Å². The molecule has 0 atom stereocenters. The van der Waals surface area contributed by atoms with E-state index in [9.17, 15) is 4.79 Å². The van der Waals surface area contributed by atoms with Gasteiger partial charge in [0.15, 0.2) is 0 Å². The Morgan fingerprint density at radius 3 is 2.87 bits per heavy atom. The molecular formula is C12H18N2O. The van der Waals surface area contributed by atoms with E-state index in [-0.39, 0.29) is 5.91 Å². The molecule has 0 aliphatic rings. The Bertz CT molecular complexity index is 347. The summed E-state index contributed by atoms with van der Waals surface area (Å²) in [6.07, 6.45) is 2.09. The number of hydrogen-bond donors (Lipinski definition) is 2. The lowest BCUT2D eigenvalue weighted by molar-refractivity contribution is 0.0952. The van der Waals surface area contributed by atoms with Gasteiger partial charge in [-0.3, -0.25) is 4.79 Å². The quantitative estimate of drug-likeness (QED) is 0.585. The Kier molecular flexibility index (Phi) is 4.16. The Morgan fingerprint density at radius 1 is 1.47 bits per heavy atom. The SMILES string of the molecule is CCCCNC(=O)c1cccc(N)c1C. The second-order valence-corrected chi connectivity index (χ2v) is 3.63. The summed E-state index contributed by atoms with van der Waals surface area (Å²) in [4.78, 5) is 11.7. The van der Waals surface area contributed by atoms with Crippen LogP contribution >= 0.6 is 0 Å². The van der Waals surface area contributed by atoms with Crippen molar-refractivity contribution in [3.8, 4) is 0 Å². The van der Waals surface area contributed by atoms with Gasteiger partial charge in [0, 0.05) is 17.8 Å². The molecule has 0 aliphatic heterocycles. The first-order valence-corrected chi connectivity index (χ1v) is 5.30. The van der Waals surface area contributed by atoms with E-state index < -0.39 is 0 Å². The van der Waals surface area contributed by atoms with E-state index in [0.29, 0.717) is 11.3 Å². The minimum absolute atomic E-state index is 0.0340. The predicted molar refractivity (Wildman–Crippen MR) is 62.8 cm³/mol. The molecule has 0 bridgehead atoms. The first-order chi connectivity index (χ1) is 7.16. The van der Waals surface area contributed by atoms with Gasteiger partial charge in [-0.05, 0) is 31.0 Å². The Balaban J connectivity index is 2.69. The van der Waals surface area contributed by atoms with Crippen molar-refractivity contribution in [2.45, 2.75) is 26.7 Å². The molecular weight excluding hydrogens is 188 g/mol. The highest BCUT2D eigenvalue weighted by Crippen LogP contribution is 2.15. The van der Waals surface area contributed by atoms with Crippen molar-refractivity contribution in [1.29, 1.82) is 0 Å². The number of unbranched alkanes of at least 4 members (excludes halogenated alkanes) is 1. The molecule has 0 spiro atoms. The number of benzene rings is 1. The summed E-state index contributed by atoms with van der Waals surface area (Å²) in [5, 5.41) is 2.87. The molecule has 0 saturated carbocycles. The summed E-state index contributed by atoms with van der Waals surface area (Å²) in [5.41, 5.74) is 7.92. The number of carbonyl (C=O) groups excluding carboxylic acids is 1. The normalized spacial score (nSPS) is 10.0. The average molecular weight is 206 g/mol. The van der Waals surface area contributed by atoms with Crippen LogP contribution in [0.15, 0.2) is 18.2 Å². The van der Waals surface area contributed by atoms with Gasteiger partial charge in [0.2, 0.25) is 0 Å². The second kappa shape index (κ2) is 5.39. The van der Waals surface area contributed by atoms with Crippen LogP contribution in [-0.4, -0.2) is 12.5 Å². The zero-order valence-electron chi connectivity index (χ0n) is 9.34. The molecule has 0 heterocycles. The third kappa shape index (κ3) is 2.98. The van der Waals surface area contributed by atoms with Crippen molar-refractivity contribution in [2.75, 3.05) is 12.3 Å². The molecule has 15 heavy (non-hydrogen) atoms. The van der Waals surface area contributed by atoms with Gasteiger partial charge in [-0.25, -0.2) is 0 Å². The van der Waals surface area contributed by atoms with Gasteiger partial charge < -0.3 is 11.1 Å². The highest BCUT2D eigenvalue weighted by atomic mass is 16.1. The third-order valence-electron chi connectivity index (χ3n) is 2.44. The number of carbonyl (C=O) groups is 1. The molecule has 0 radical (unpaired) electrons. The van der Waals surface area contributed by atoms with Crippen molar-refractivity contribution >= 4 is 11.6 Å². The summed E-state index contributed by atoms with van der Waals surface area (Å²) >= 11 is 0. The lowest BCUT2D eigenvalue weighted by Gasteiger charge is -2.08. The van der Waals surface area contributed by atoms with Gasteiger partial charge in [0.05, 0.1) is 0 Å². The molecule has 0 aromatic heterocycles. The molecule has 3 N–H and O–H groups in total. The van der Waals surface area contributed by atoms with Crippen LogP contribution < -0.4 is 11.1 Å². The predicted octanol–water partition coefficient (Wildman–Crippen LogP) is 2.11. The van der Waals surface area contributed by atoms with E-state index in [1.165, 1.54) is 0 Å². The van der Waals surface area contributed by atoms with Gasteiger partial charge >= 0.3 is 0 Å². The minimum atomic E-state index is -0.0340. The zero-order chi connectivity index (χ0) is 11.3. The number of hydrogen-bond acceptors (Lipinski definition) is 2. The summed E-state index contributed by atoms with van der Waals surface area (Å²) in [5.74, 6) is -0.0340. The minimum Gasteiger partial charge on any atom is -0.398 e. The Hall–Kier alpha value is -1.51. The highest BCUT2D eigenvalue weighted by Gasteiger charge is 2.08. The largest absolute Gasteiger partial charge is 0.398 e. The van der Waals surface area contributed by atoms with Crippen LogP contribution in [0.25, 0.3) is 0 Å². The van der Waals surface area contributed by atoms with Crippen LogP contribution in [0, 0.1) is 6.92 Å². The zero-order valence-corrected chi connectivity index (χ0v) is 9.34. The molecule has 0 fully saturated rings. The van der Waals surface area contributed by atoms with Crippen molar-refractivity contribution in [1.82, 2.24) is 5.32 Å². The van der Waals surface area contributed by atoms with Crippen LogP contribution in [0.4, 0.5) is 5.69 Å². The monoisotopic (exact) mass is 206 g/mol. The van der Waals surface area contributed by atoms with Gasteiger partial charge in [-0.1, -0.05) is 19.4 Å². The first-order valence-electron chi connectivity index (χ1n) is 5.30. The van der Waals surface area contributed by atoms with E-state index in [4.69, 9.17) is 5.73 Å². The van der Waals surface area contributed by atoms with Crippen LogP contribution in [0.1, 0.15) is 35.7 Å². The summed E-state index contributed by atoms with van der Waals surface area (Å²) < 4.78 is 0. The fourth-order valence-electron chi connectivity index (χ4n) is 1.37. The van der Waals surface area contributed by atoms with Gasteiger partial charge in [-0.15, -0.1) is 0 Å². The molecule has 1 amide bonds. The Labute approximate surface area is 90.7 Å². The van der Waals surface area contributed by atoms with Crippen molar-refractivity contribution < 1.29 is 4.79 Å². The highest BCUT2D eigenvalue weighted by molar-refractivity contribution is 5.96. The van der Waals surface area contributed by atoms with Crippen molar-refractivity contribution in [3.05, 3.63) is 29.3 Å². The number of amides is 1. The Morgan fingerprint density at radius 2 is 2.20 bits per heavy atom. The second-order valence-electron chi connectivity index (χ2n) is 3.63. The molecule has 1 aromatic carbocycles. The van der Waals surface area contributed by atoms with Crippen LogP contribution in [0.2, 0.25) is 0 Å². The maximum absolute atomic E-state index is 11.7. The topological polar surface area (TPSA) is 55.1 Å². The summed E-state index contributed by atoms with van der Waals surface area (Å²) in [7, 11) is 0. The van der Waals surface area contributed by atoms with E-state index in [1.54, 1.807) is 18.2 Å². The molecule has 0 saturated heterocycles. The average Bonchev–Trinajstić information content (AvgIpc) is 2.22. The molecule has 1 rings (SSSR count). The first kappa shape index (κ1) is 11.6. The molecule has 0 unspecified atom stereocenters. The molecule has 82 valence electrons. The van der Waals surface area contributed by atoms with Crippen molar-refractivity contribution in [2.24, 2.45) is 0 Å². The van der Waals surface area contributed by atoms with E-state index in [0.717, 1.165) is 24.9 Å². The number of anilines is 1. The number of nitrogen functional groups attached to an aromatic ring is 1. The number of nitrogens with one attached hydrogen (secondary N) is 1. The number of rotatable bonds is 4. The van der Waals surface area contributed by atoms with Crippen molar-refractivity contribution in [3.63, 3.8) is 0 Å². The maximum Gasteiger partial charge on any atom is 0.251 e. The lowest BCUT2D eigenvalue weighted by Crippen LogP contribution is -2.25. The van der Waals surface area contributed by atoms with Gasteiger partial charge in [-0.2, -0.15) is 0 Å². The summed E-state index contributed by atoms with van der Waals surface area (Å²) in [6.45, 7) is 4.69. The molecule has 1 aromatic rings. The van der Waals surface area contributed by atoms with E-state index in [2.05, 4.69) is 12.2 Å². The standard InChI is InChI=1S/C12H18N2O/c1-3-4-8-14-12(15)10-6-5-7-11(13)9(10)2/h5-7H,3-4,8,13H2,1-2H3,(H,14,15). The van der Waals surface area contributed by atoms with E-state index in [1.807, 2.05) is 6.92 Å². The fraction of sp³-hybridized carbons (Fsp3) is 0.417.